The smallest absolute Gasteiger partial charge is 0.563 e. The predicted octanol–water partition coefficient (Wildman–Crippen LogP) is -3.57. The summed E-state index contributed by atoms with van der Waals surface area (Å²) in [7, 11) is 0. The van der Waals surface area contributed by atoms with Crippen molar-refractivity contribution >= 4 is 6.34 Å². The van der Waals surface area contributed by atoms with Gasteiger partial charge in [-0.3, -0.25) is 0 Å². The van der Waals surface area contributed by atoms with Crippen LogP contribution in [0.3, 0.4) is 0 Å². The summed E-state index contributed by atoms with van der Waals surface area (Å²) in [5.74, 6) is 0. The Labute approximate surface area is 67.7 Å². The van der Waals surface area contributed by atoms with Gasteiger partial charge in [0.25, 0.3) is 0 Å². The van der Waals surface area contributed by atoms with E-state index in [0.717, 1.165) is 0 Å². The molecule has 0 aliphatic heterocycles. The van der Waals surface area contributed by atoms with E-state index in [9.17, 15) is 0 Å². The molecule has 0 saturated heterocycles. The van der Waals surface area contributed by atoms with Crippen molar-refractivity contribution in [2.75, 3.05) is 0 Å². The van der Waals surface area contributed by atoms with Crippen molar-refractivity contribution in [3.8, 4) is 0 Å². The van der Waals surface area contributed by atoms with Crippen LogP contribution in [0.4, 0.5) is 0 Å². The van der Waals surface area contributed by atoms with Gasteiger partial charge in [0.1, 0.15) is 0 Å². The minimum atomic E-state index is 0. The molecule has 18 valence electrons. The fourth-order valence-electron chi connectivity index (χ4n) is 0. The van der Waals surface area contributed by atoms with Gasteiger partial charge >= 0.3 is 51.4 Å². The molecular weight excluding hydrogens is 79.1 g/mol. The molecule has 0 fully saturated rings. The first-order valence-electron chi connectivity index (χ1n) is 0.539. The molecule has 0 aromatic carbocycles. The average molecular weight is 82.1 g/mol. The van der Waals surface area contributed by atoms with Gasteiger partial charge in [0, 0.05) is 0 Å². The molecule has 2 nitrogen and oxygen atoms in total. The Balaban J connectivity index is 0. The van der Waals surface area contributed by atoms with Crippen molar-refractivity contribution < 1.29 is 51.4 Å². The van der Waals surface area contributed by atoms with Gasteiger partial charge in [-0.05, 0) is 0 Å². The Morgan fingerprint density at radius 2 is 1.75 bits per heavy atom. The van der Waals surface area contributed by atoms with E-state index in [1.165, 1.54) is 6.34 Å². The van der Waals surface area contributed by atoms with E-state index >= 15 is 0 Å². The summed E-state index contributed by atoms with van der Waals surface area (Å²) < 4.78 is 0. The molecule has 0 heterocycles. The van der Waals surface area contributed by atoms with E-state index in [1.54, 1.807) is 0 Å². The first kappa shape index (κ1) is 8.92. The van der Waals surface area contributed by atoms with E-state index in [2.05, 4.69) is 5.73 Å². The molecule has 0 aromatic rings. The number of hydrogen-bond acceptors (Lipinski definition) is 1. The largest absolute Gasteiger partial charge is 1.00 e. The van der Waals surface area contributed by atoms with Crippen LogP contribution >= 0.6 is 0 Å². The van der Waals surface area contributed by atoms with Crippen LogP contribution in [0.5, 0.6) is 0 Å². The van der Waals surface area contributed by atoms with Crippen LogP contribution in [-0.2, 0) is 0 Å². The van der Waals surface area contributed by atoms with Gasteiger partial charge in [0.2, 0.25) is 0 Å². The first-order chi connectivity index (χ1) is 1.41. The number of nitrogens with one attached hydrogen (secondary N) is 1. The second kappa shape index (κ2) is 8.93. The summed E-state index contributed by atoms with van der Waals surface area (Å²) in [6.07, 6.45) is 1.50. The average Bonchev–Trinajstić information content (AvgIpc) is 0.918. The van der Waals surface area contributed by atoms with Gasteiger partial charge in [-0.2, -0.15) is 0 Å². The molecule has 0 saturated carbocycles. The van der Waals surface area contributed by atoms with Crippen molar-refractivity contribution in [2.45, 2.75) is 0 Å². The zero-order chi connectivity index (χ0) is 2.71. The zero-order valence-corrected chi connectivity index (χ0v) is 5.70. The number of rotatable bonds is 0. The van der Waals surface area contributed by atoms with E-state index < -0.39 is 0 Å². The van der Waals surface area contributed by atoms with Crippen molar-refractivity contribution in [1.29, 1.82) is 5.41 Å². The fraction of sp³-hybridized carbons (Fsp3) is 0. The van der Waals surface area contributed by atoms with Crippen LogP contribution in [0.2, 0.25) is 0 Å². The van der Waals surface area contributed by atoms with Crippen LogP contribution in [-0.4, -0.2) is 6.34 Å². The second-order valence-electron chi connectivity index (χ2n) is 0.144. The molecule has 0 aromatic heterocycles. The summed E-state index contributed by atoms with van der Waals surface area (Å²) in [5, 5.41) is 5.74. The van der Waals surface area contributed by atoms with Crippen LogP contribution in [0, 0.1) is 5.41 Å². The van der Waals surface area contributed by atoms with Crippen LogP contribution in [0.25, 0.3) is 0 Å². The van der Waals surface area contributed by atoms with Crippen molar-refractivity contribution in [3.63, 3.8) is 0 Å². The molecule has 3 N–H and O–H groups in total. The molecule has 0 radical (unpaired) electrons. The summed E-state index contributed by atoms with van der Waals surface area (Å²) in [6, 6.07) is 0. The molecule has 0 amide bonds. The summed E-state index contributed by atoms with van der Waals surface area (Å²) >= 11 is 0. The number of nitrogens with two attached hydrogens (primary N) is 1. The summed E-state index contributed by atoms with van der Waals surface area (Å²) in [6.45, 7) is 0. The molecule has 3 heteroatoms. The van der Waals surface area contributed by atoms with Crippen molar-refractivity contribution in [1.82, 2.24) is 0 Å². The van der Waals surface area contributed by atoms with Gasteiger partial charge in [0.15, 0.2) is 0 Å². The minimum absolute atomic E-state index is 0. The van der Waals surface area contributed by atoms with E-state index in [1.807, 2.05) is 0 Å². The van der Waals surface area contributed by atoms with Crippen LogP contribution in [0.15, 0.2) is 0 Å². The maximum absolute atomic E-state index is 5.74. The second-order valence-corrected chi connectivity index (χ2v) is 0.144. The van der Waals surface area contributed by atoms with Gasteiger partial charge in [-0.1, -0.05) is 0 Å². The Morgan fingerprint density at radius 1 is 1.75 bits per heavy atom. The van der Waals surface area contributed by atoms with Gasteiger partial charge in [0.05, 0.1) is 0 Å². The third-order valence-corrected chi connectivity index (χ3v) is 0. The van der Waals surface area contributed by atoms with E-state index in [4.69, 9.17) is 5.41 Å². The zero-order valence-electron chi connectivity index (χ0n) is 2.58. The topological polar surface area (TPSA) is 49.9 Å². The van der Waals surface area contributed by atoms with Crippen molar-refractivity contribution in [2.24, 2.45) is 5.73 Å². The third kappa shape index (κ3) is 11.3. The monoisotopic (exact) mass is 82.0 g/mol. The maximum atomic E-state index is 5.74. The quantitative estimate of drug-likeness (QED) is 0.103. The Bertz CT molecular complexity index is 13.5. The third-order valence-electron chi connectivity index (χ3n) is 0. The minimum Gasteiger partial charge on any atom is -0.563 e. The molecule has 0 aliphatic carbocycles. The van der Waals surface area contributed by atoms with E-state index in [-0.39, 0.29) is 51.4 Å². The predicted molar refractivity (Wildman–Crippen MR) is 11.9 cm³/mol. The molecule has 0 rings (SSSR count). The maximum Gasteiger partial charge on any atom is 1.00 e. The van der Waals surface area contributed by atoms with Gasteiger partial charge in [-0.15, -0.1) is 0 Å². The van der Waals surface area contributed by atoms with E-state index in [0.29, 0.717) is 0 Å². The Morgan fingerprint density at radius 3 is 1.75 bits per heavy atom. The first-order valence-corrected chi connectivity index (χ1v) is 0.539. The standard InChI is InChI=1S/CH3N2.K/c2-1-3;/h(H3,2,3);/q-1;+1. The fourth-order valence-corrected chi connectivity index (χ4v) is 0. The molecule has 0 atom stereocenters. The molecular formula is CH3KN2. The SMILES string of the molecule is N=[C-]N.[K+]. The Hall–Kier alpha value is 1.11. The van der Waals surface area contributed by atoms with Crippen LogP contribution < -0.4 is 57.1 Å². The van der Waals surface area contributed by atoms with Gasteiger partial charge < -0.3 is 17.5 Å². The molecule has 0 aliphatic rings. The number of hydrogen-bond donors (Lipinski definition) is 2. The van der Waals surface area contributed by atoms with Crippen molar-refractivity contribution in [3.05, 3.63) is 0 Å². The van der Waals surface area contributed by atoms with Gasteiger partial charge in [-0.25, -0.2) is 0 Å². The molecule has 0 bridgehead atoms. The summed E-state index contributed by atoms with van der Waals surface area (Å²) in [4.78, 5) is 0. The molecule has 0 unspecified atom stereocenters. The normalized spacial score (nSPS) is 3.00. The summed E-state index contributed by atoms with van der Waals surface area (Å²) in [5.41, 5.74) is 4.26. The van der Waals surface area contributed by atoms with Crippen LogP contribution in [0.1, 0.15) is 0 Å². The molecule has 4 heavy (non-hydrogen) atoms. The molecule has 0 spiro atoms. The Kier molecular flexibility index (Phi) is 19.9.